The maximum absolute atomic E-state index is 12.4. The van der Waals surface area contributed by atoms with Gasteiger partial charge < -0.3 is 10.4 Å². The van der Waals surface area contributed by atoms with Crippen LogP contribution in [-0.2, 0) is 11.2 Å². The molecule has 0 aliphatic heterocycles. The molecule has 112 valence electrons. The van der Waals surface area contributed by atoms with Crippen molar-refractivity contribution >= 4 is 5.91 Å². The standard InChI is InChI=1S/C17H22N2O2/c18-13-17(10-3-1-2-4-11-17)16(21)19-12-9-14-5-7-15(20)8-6-14/h5-8,20H,1-4,9-12H2,(H,19,21). The van der Waals surface area contributed by atoms with E-state index in [0.717, 1.165) is 31.2 Å². The van der Waals surface area contributed by atoms with Crippen molar-refractivity contribution in [1.82, 2.24) is 5.32 Å². The predicted octanol–water partition coefficient (Wildman–Crippen LogP) is 2.92. The van der Waals surface area contributed by atoms with E-state index in [9.17, 15) is 15.2 Å². The van der Waals surface area contributed by atoms with Crippen molar-refractivity contribution in [3.05, 3.63) is 29.8 Å². The molecule has 1 aliphatic rings. The van der Waals surface area contributed by atoms with Gasteiger partial charge in [-0.05, 0) is 37.0 Å². The molecule has 0 bridgehead atoms. The molecule has 4 heteroatoms. The number of phenols is 1. The summed E-state index contributed by atoms with van der Waals surface area (Å²) in [7, 11) is 0. The van der Waals surface area contributed by atoms with Crippen molar-refractivity contribution in [3.8, 4) is 11.8 Å². The minimum Gasteiger partial charge on any atom is -0.508 e. The number of hydrogen-bond donors (Lipinski definition) is 2. The molecular weight excluding hydrogens is 264 g/mol. The third-order valence-electron chi connectivity index (χ3n) is 4.24. The summed E-state index contributed by atoms with van der Waals surface area (Å²) in [6.07, 6.45) is 6.20. The lowest BCUT2D eigenvalue weighted by molar-refractivity contribution is -0.128. The van der Waals surface area contributed by atoms with Gasteiger partial charge in [-0.1, -0.05) is 37.8 Å². The van der Waals surface area contributed by atoms with E-state index >= 15 is 0 Å². The lowest BCUT2D eigenvalue weighted by atomic mass is 9.81. The number of nitriles is 1. The molecule has 0 radical (unpaired) electrons. The molecule has 1 aromatic carbocycles. The molecule has 4 nitrogen and oxygen atoms in total. The minimum atomic E-state index is -0.828. The number of phenolic OH excluding ortho intramolecular Hbond substituents is 1. The Morgan fingerprint density at radius 3 is 2.38 bits per heavy atom. The van der Waals surface area contributed by atoms with Gasteiger partial charge in [-0.25, -0.2) is 0 Å². The zero-order valence-corrected chi connectivity index (χ0v) is 12.3. The zero-order valence-electron chi connectivity index (χ0n) is 12.3. The Morgan fingerprint density at radius 1 is 1.19 bits per heavy atom. The Kier molecular flexibility index (Phi) is 5.21. The van der Waals surface area contributed by atoms with Crippen LogP contribution >= 0.6 is 0 Å². The second-order valence-electron chi connectivity index (χ2n) is 5.78. The van der Waals surface area contributed by atoms with Gasteiger partial charge in [-0.3, -0.25) is 4.79 Å². The van der Waals surface area contributed by atoms with Crippen LogP contribution in [0.25, 0.3) is 0 Å². The first-order valence-electron chi connectivity index (χ1n) is 7.64. The van der Waals surface area contributed by atoms with E-state index in [1.54, 1.807) is 12.1 Å². The molecule has 0 saturated heterocycles. The summed E-state index contributed by atoms with van der Waals surface area (Å²) in [6.45, 7) is 0.521. The predicted molar refractivity (Wildman–Crippen MR) is 80.6 cm³/mol. The van der Waals surface area contributed by atoms with Gasteiger partial charge in [-0.15, -0.1) is 0 Å². The lowest BCUT2D eigenvalue weighted by Gasteiger charge is -2.23. The van der Waals surface area contributed by atoms with E-state index in [1.165, 1.54) is 0 Å². The van der Waals surface area contributed by atoms with Crippen molar-refractivity contribution in [3.63, 3.8) is 0 Å². The molecule has 1 amide bonds. The summed E-state index contributed by atoms with van der Waals surface area (Å²) in [5.41, 5.74) is 0.228. The van der Waals surface area contributed by atoms with Gasteiger partial charge in [0.05, 0.1) is 6.07 Å². The lowest BCUT2D eigenvalue weighted by Crippen LogP contribution is -2.40. The minimum absolute atomic E-state index is 0.120. The Labute approximate surface area is 125 Å². The van der Waals surface area contributed by atoms with E-state index in [0.29, 0.717) is 25.8 Å². The third-order valence-corrected chi connectivity index (χ3v) is 4.24. The summed E-state index contributed by atoms with van der Waals surface area (Å²) in [6, 6.07) is 9.23. The van der Waals surface area contributed by atoms with Gasteiger partial charge >= 0.3 is 0 Å². The van der Waals surface area contributed by atoms with E-state index < -0.39 is 5.41 Å². The van der Waals surface area contributed by atoms with Crippen molar-refractivity contribution < 1.29 is 9.90 Å². The molecule has 0 spiro atoms. The number of aromatic hydroxyl groups is 1. The first-order valence-corrected chi connectivity index (χ1v) is 7.64. The van der Waals surface area contributed by atoms with Gasteiger partial charge in [0.25, 0.3) is 0 Å². The van der Waals surface area contributed by atoms with Gasteiger partial charge in [0.15, 0.2) is 0 Å². The summed E-state index contributed by atoms with van der Waals surface area (Å²) in [5, 5.41) is 21.6. The van der Waals surface area contributed by atoms with Crippen LogP contribution in [-0.4, -0.2) is 17.6 Å². The zero-order chi connectivity index (χ0) is 15.1. The molecule has 0 heterocycles. The van der Waals surface area contributed by atoms with Gasteiger partial charge in [-0.2, -0.15) is 5.26 Å². The molecule has 2 rings (SSSR count). The van der Waals surface area contributed by atoms with Crippen LogP contribution in [0.4, 0.5) is 0 Å². The van der Waals surface area contributed by atoms with Crippen LogP contribution in [0.3, 0.4) is 0 Å². The Balaban J connectivity index is 1.88. The van der Waals surface area contributed by atoms with Crippen LogP contribution < -0.4 is 5.32 Å². The molecule has 1 aromatic rings. The first kappa shape index (κ1) is 15.4. The van der Waals surface area contributed by atoms with Gasteiger partial charge in [0.2, 0.25) is 5.91 Å². The highest BCUT2D eigenvalue weighted by molar-refractivity contribution is 5.85. The summed E-state index contributed by atoms with van der Waals surface area (Å²) < 4.78 is 0. The van der Waals surface area contributed by atoms with Crippen molar-refractivity contribution in [2.24, 2.45) is 5.41 Å². The summed E-state index contributed by atoms with van der Waals surface area (Å²) >= 11 is 0. The smallest absolute Gasteiger partial charge is 0.240 e. The van der Waals surface area contributed by atoms with E-state index in [2.05, 4.69) is 11.4 Å². The number of hydrogen-bond acceptors (Lipinski definition) is 3. The fourth-order valence-corrected chi connectivity index (χ4v) is 2.87. The number of nitrogens with zero attached hydrogens (tertiary/aromatic N) is 1. The topological polar surface area (TPSA) is 73.1 Å². The number of carbonyl (C=O) groups excluding carboxylic acids is 1. The Hall–Kier alpha value is -2.02. The normalized spacial score (nSPS) is 17.5. The fourth-order valence-electron chi connectivity index (χ4n) is 2.87. The molecule has 1 saturated carbocycles. The molecule has 1 aliphatic carbocycles. The van der Waals surface area contributed by atoms with Gasteiger partial charge in [0, 0.05) is 6.54 Å². The number of benzene rings is 1. The average Bonchev–Trinajstić information content (AvgIpc) is 2.75. The molecule has 1 fully saturated rings. The average molecular weight is 286 g/mol. The largest absolute Gasteiger partial charge is 0.508 e. The van der Waals surface area contributed by atoms with Crippen LogP contribution in [0, 0.1) is 16.7 Å². The SMILES string of the molecule is N#CC1(C(=O)NCCc2ccc(O)cc2)CCCCCC1. The van der Waals surface area contributed by atoms with Crippen molar-refractivity contribution in [1.29, 1.82) is 5.26 Å². The monoisotopic (exact) mass is 286 g/mol. The van der Waals surface area contributed by atoms with Crippen LogP contribution in [0.5, 0.6) is 5.75 Å². The van der Waals surface area contributed by atoms with Crippen LogP contribution in [0.15, 0.2) is 24.3 Å². The number of nitrogens with one attached hydrogen (secondary N) is 1. The second-order valence-corrected chi connectivity index (χ2v) is 5.78. The van der Waals surface area contributed by atoms with E-state index in [1.807, 2.05) is 12.1 Å². The third kappa shape index (κ3) is 3.98. The van der Waals surface area contributed by atoms with Crippen molar-refractivity contribution in [2.45, 2.75) is 44.9 Å². The fraction of sp³-hybridized carbons (Fsp3) is 0.529. The molecule has 2 N–H and O–H groups in total. The van der Waals surface area contributed by atoms with Crippen molar-refractivity contribution in [2.75, 3.05) is 6.54 Å². The molecule has 0 unspecified atom stereocenters. The molecular formula is C17H22N2O2. The number of amides is 1. The highest BCUT2D eigenvalue weighted by Gasteiger charge is 2.38. The summed E-state index contributed by atoms with van der Waals surface area (Å²) in [4.78, 5) is 12.4. The van der Waals surface area contributed by atoms with E-state index in [-0.39, 0.29) is 11.7 Å². The molecule has 0 aromatic heterocycles. The number of rotatable bonds is 4. The van der Waals surface area contributed by atoms with E-state index in [4.69, 9.17) is 0 Å². The second kappa shape index (κ2) is 7.12. The summed E-state index contributed by atoms with van der Waals surface area (Å²) in [5.74, 6) is 0.121. The molecule has 21 heavy (non-hydrogen) atoms. The Bertz CT molecular complexity index is 509. The Morgan fingerprint density at radius 2 is 1.81 bits per heavy atom. The van der Waals surface area contributed by atoms with Crippen LogP contribution in [0.2, 0.25) is 0 Å². The highest BCUT2D eigenvalue weighted by Crippen LogP contribution is 2.34. The maximum Gasteiger partial charge on any atom is 0.240 e. The maximum atomic E-state index is 12.4. The van der Waals surface area contributed by atoms with Gasteiger partial charge in [0.1, 0.15) is 11.2 Å². The quantitative estimate of drug-likeness (QED) is 0.836. The highest BCUT2D eigenvalue weighted by atomic mass is 16.3. The number of carbonyl (C=O) groups is 1. The van der Waals surface area contributed by atoms with Crippen LogP contribution in [0.1, 0.15) is 44.1 Å². The molecule has 0 atom stereocenters. The first-order chi connectivity index (χ1) is 10.2.